The van der Waals surface area contributed by atoms with Gasteiger partial charge in [-0.05, 0) is 43.9 Å². The fourth-order valence-corrected chi connectivity index (χ4v) is 3.06. The van der Waals surface area contributed by atoms with Crippen molar-refractivity contribution in [3.63, 3.8) is 0 Å². The fraction of sp³-hybridized carbons (Fsp3) is 0.500. The monoisotopic (exact) mass is 302 g/mol. The maximum atomic E-state index is 12.3. The van der Waals surface area contributed by atoms with E-state index in [9.17, 15) is 4.79 Å². The Morgan fingerprint density at radius 2 is 2.32 bits per heavy atom. The number of nitrogens with one attached hydrogen (secondary N) is 1. The summed E-state index contributed by atoms with van der Waals surface area (Å²) in [5.41, 5.74) is 3.63. The lowest BCUT2D eigenvalue weighted by Gasteiger charge is -2.21. The molecule has 0 saturated carbocycles. The number of rotatable bonds is 5. The van der Waals surface area contributed by atoms with Crippen molar-refractivity contribution < 1.29 is 9.21 Å². The van der Waals surface area contributed by atoms with Gasteiger partial charge in [-0.3, -0.25) is 4.68 Å². The number of hydrogen-bond acceptors (Lipinski definition) is 3. The summed E-state index contributed by atoms with van der Waals surface area (Å²) in [6.45, 7) is 3.48. The lowest BCUT2D eigenvalue weighted by atomic mass is 10.2. The largest absolute Gasteiger partial charge is 0.467 e. The van der Waals surface area contributed by atoms with E-state index in [0.29, 0.717) is 19.6 Å². The lowest BCUT2D eigenvalue weighted by Crippen LogP contribution is -2.39. The highest BCUT2D eigenvalue weighted by Gasteiger charge is 2.24. The molecule has 6 heteroatoms. The predicted molar refractivity (Wildman–Crippen MR) is 82.3 cm³/mol. The number of aryl methyl sites for hydroxylation is 1. The molecule has 2 amide bonds. The Morgan fingerprint density at radius 3 is 3.05 bits per heavy atom. The smallest absolute Gasteiger partial charge is 0.318 e. The van der Waals surface area contributed by atoms with Crippen molar-refractivity contribution >= 4 is 6.03 Å². The maximum absolute atomic E-state index is 12.3. The summed E-state index contributed by atoms with van der Waals surface area (Å²) in [6.07, 6.45) is 4.94. The van der Waals surface area contributed by atoms with Gasteiger partial charge in [0.2, 0.25) is 0 Å². The van der Waals surface area contributed by atoms with E-state index in [1.807, 2.05) is 30.8 Å². The van der Waals surface area contributed by atoms with Crippen LogP contribution in [0.5, 0.6) is 0 Å². The molecule has 0 bridgehead atoms. The minimum absolute atomic E-state index is 0.0868. The lowest BCUT2D eigenvalue weighted by molar-refractivity contribution is 0.187. The summed E-state index contributed by atoms with van der Waals surface area (Å²) in [6, 6.07) is 3.63. The zero-order valence-electron chi connectivity index (χ0n) is 13.1. The van der Waals surface area contributed by atoms with Gasteiger partial charge in [0, 0.05) is 19.3 Å². The first-order chi connectivity index (χ1) is 10.7. The first-order valence-electron chi connectivity index (χ1n) is 7.77. The molecule has 22 heavy (non-hydrogen) atoms. The molecule has 2 aromatic rings. The molecular weight excluding hydrogens is 280 g/mol. The van der Waals surface area contributed by atoms with Crippen molar-refractivity contribution in [1.82, 2.24) is 20.0 Å². The van der Waals surface area contributed by atoms with E-state index in [4.69, 9.17) is 4.42 Å². The standard InChI is InChI=1S/C16H22N4O2/c1-3-17-16(21)20(10-12-6-5-9-22-12)11-14-13-7-4-8-15(13)19(2)18-14/h5-6,9H,3-4,7-8,10-11H2,1-2H3,(H,17,21). The molecule has 0 atom stereocenters. The Balaban J connectivity index is 1.80. The highest BCUT2D eigenvalue weighted by molar-refractivity contribution is 5.74. The van der Waals surface area contributed by atoms with Crippen molar-refractivity contribution in [2.75, 3.05) is 6.54 Å². The summed E-state index contributed by atoms with van der Waals surface area (Å²) in [4.78, 5) is 14.1. The zero-order chi connectivity index (χ0) is 15.5. The summed E-state index contributed by atoms with van der Waals surface area (Å²) >= 11 is 0. The molecular formula is C16H22N4O2. The van der Waals surface area contributed by atoms with Crippen molar-refractivity contribution in [1.29, 1.82) is 0 Å². The van der Waals surface area contributed by atoms with Gasteiger partial charge in [0.15, 0.2) is 0 Å². The number of amides is 2. The molecule has 0 aromatic carbocycles. The second kappa shape index (κ2) is 6.25. The second-order valence-electron chi connectivity index (χ2n) is 5.62. The number of furan rings is 1. The van der Waals surface area contributed by atoms with E-state index in [1.165, 1.54) is 17.7 Å². The molecule has 0 radical (unpaired) electrons. The SMILES string of the molecule is CCNC(=O)N(Cc1ccco1)Cc1nn(C)c2c1CCC2. The van der Waals surface area contributed by atoms with Gasteiger partial charge >= 0.3 is 6.03 Å². The molecule has 1 N–H and O–H groups in total. The zero-order valence-corrected chi connectivity index (χ0v) is 13.1. The van der Waals surface area contributed by atoms with Crippen LogP contribution in [0, 0.1) is 0 Å². The van der Waals surface area contributed by atoms with Crippen LogP contribution < -0.4 is 5.32 Å². The molecule has 118 valence electrons. The van der Waals surface area contributed by atoms with Gasteiger partial charge in [0.1, 0.15) is 5.76 Å². The van der Waals surface area contributed by atoms with Crippen LogP contribution in [-0.4, -0.2) is 27.3 Å². The molecule has 0 aliphatic heterocycles. The van der Waals surface area contributed by atoms with Gasteiger partial charge in [0.05, 0.1) is 25.0 Å². The Kier molecular flexibility index (Phi) is 4.18. The van der Waals surface area contributed by atoms with E-state index in [1.54, 1.807) is 11.2 Å². The van der Waals surface area contributed by atoms with Gasteiger partial charge < -0.3 is 14.6 Å². The van der Waals surface area contributed by atoms with E-state index < -0.39 is 0 Å². The quantitative estimate of drug-likeness (QED) is 0.921. The van der Waals surface area contributed by atoms with Gasteiger partial charge in [0.25, 0.3) is 0 Å². The van der Waals surface area contributed by atoms with Crippen molar-refractivity contribution in [3.05, 3.63) is 41.1 Å². The number of carbonyl (C=O) groups is 1. The number of carbonyl (C=O) groups excluding carboxylic acids is 1. The molecule has 2 aromatic heterocycles. The topological polar surface area (TPSA) is 63.3 Å². The molecule has 6 nitrogen and oxygen atoms in total. The minimum Gasteiger partial charge on any atom is -0.467 e. The van der Waals surface area contributed by atoms with E-state index >= 15 is 0 Å². The third-order valence-electron chi connectivity index (χ3n) is 4.08. The van der Waals surface area contributed by atoms with Crippen LogP contribution in [0.25, 0.3) is 0 Å². The fourth-order valence-electron chi connectivity index (χ4n) is 3.06. The Morgan fingerprint density at radius 1 is 1.45 bits per heavy atom. The van der Waals surface area contributed by atoms with Crippen molar-refractivity contribution in [2.45, 2.75) is 39.3 Å². The average molecular weight is 302 g/mol. The van der Waals surface area contributed by atoms with Crippen LogP contribution in [0.3, 0.4) is 0 Å². The Bertz CT molecular complexity index is 645. The normalized spacial score (nSPS) is 13.2. The summed E-state index contributed by atoms with van der Waals surface area (Å²) in [5, 5.41) is 7.47. The van der Waals surface area contributed by atoms with Crippen LogP contribution >= 0.6 is 0 Å². The maximum Gasteiger partial charge on any atom is 0.318 e. The van der Waals surface area contributed by atoms with Crippen molar-refractivity contribution in [3.8, 4) is 0 Å². The molecule has 2 heterocycles. The van der Waals surface area contributed by atoms with Crippen LogP contribution in [0.4, 0.5) is 4.79 Å². The molecule has 1 aliphatic rings. The van der Waals surface area contributed by atoms with Gasteiger partial charge in [-0.25, -0.2) is 4.79 Å². The van der Waals surface area contributed by atoms with Gasteiger partial charge in [-0.2, -0.15) is 5.10 Å². The molecule has 0 unspecified atom stereocenters. The number of hydrogen-bond donors (Lipinski definition) is 1. The molecule has 0 saturated heterocycles. The van der Waals surface area contributed by atoms with E-state index in [-0.39, 0.29) is 6.03 Å². The highest BCUT2D eigenvalue weighted by Crippen LogP contribution is 2.26. The third-order valence-corrected chi connectivity index (χ3v) is 4.08. The minimum atomic E-state index is -0.0868. The molecule has 0 fully saturated rings. The highest BCUT2D eigenvalue weighted by atomic mass is 16.3. The number of fused-ring (bicyclic) bond motifs is 1. The second-order valence-corrected chi connectivity index (χ2v) is 5.62. The first kappa shape index (κ1) is 14.7. The Labute approximate surface area is 130 Å². The van der Waals surface area contributed by atoms with Crippen LogP contribution in [0.15, 0.2) is 22.8 Å². The van der Waals surface area contributed by atoms with Crippen LogP contribution in [0.1, 0.15) is 36.1 Å². The summed E-state index contributed by atoms with van der Waals surface area (Å²) < 4.78 is 7.34. The molecule has 0 spiro atoms. The molecule has 1 aliphatic carbocycles. The third kappa shape index (κ3) is 2.86. The van der Waals surface area contributed by atoms with Gasteiger partial charge in [-0.1, -0.05) is 0 Å². The summed E-state index contributed by atoms with van der Waals surface area (Å²) in [7, 11) is 1.98. The summed E-state index contributed by atoms with van der Waals surface area (Å²) in [5.74, 6) is 0.777. The average Bonchev–Trinajstić information content (AvgIpc) is 3.20. The number of aromatic nitrogens is 2. The molecule has 3 rings (SSSR count). The van der Waals surface area contributed by atoms with Crippen LogP contribution in [0.2, 0.25) is 0 Å². The van der Waals surface area contributed by atoms with Crippen molar-refractivity contribution in [2.24, 2.45) is 7.05 Å². The van der Waals surface area contributed by atoms with Crippen LogP contribution in [-0.2, 0) is 33.0 Å². The number of nitrogens with zero attached hydrogens (tertiary/aromatic N) is 3. The number of urea groups is 1. The van der Waals surface area contributed by atoms with E-state index in [2.05, 4.69) is 10.4 Å². The van der Waals surface area contributed by atoms with Gasteiger partial charge in [-0.15, -0.1) is 0 Å². The first-order valence-corrected chi connectivity index (χ1v) is 7.77. The predicted octanol–water partition coefficient (Wildman–Crippen LogP) is 2.23. The Hall–Kier alpha value is -2.24. The van der Waals surface area contributed by atoms with E-state index in [0.717, 1.165) is 24.3 Å².